The lowest BCUT2D eigenvalue weighted by Crippen LogP contribution is -2.18. The van der Waals surface area contributed by atoms with E-state index in [0.29, 0.717) is 6.42 Å². The van der Waals surface area contributed by atoms with Crippen molar-refractivity contribution in [2.24, 2.45) is 5.10 Å². The number of hydrogen-bond acceptors (Lipinski definition) is 6. The van der Waals surface area contributed by atoms with Crippen molar-refractivity contribution in [2.75, 3.05) is 18.9 Å². The van der Waals surface area contributed by atoms with Crippen LogP contribution >= 0.6 is 0 Å². The number of nitrogens with one attached hydrogen (secondary N) is 3. The fourth-order valence-corrected chi connectivity index (χ4v) is 3.14. The number of rotatable bonds is 10. The summed E-state index contributed by atoms with van der Waals surface area (Å²) in [6, 6.07) is 22.2. The number of amides is 1. The SMILES string of the molecule is CC.CN/N=C(/C=C/c1ccccn1)c1ccc(C)cc1.Cc1ccccc1NCCCCC(=O)NO. The summed E-state index contributed by atoms with van der Waals surface area (Å²) in [4.78, 5) is 15.0. The van der Waals surface area contributed by atoms with Crippen LogP contribution in [0.15, 0.2) is 84.1 Å². The largest absolute Gasteiger partial charge is 0.385 e. The van der Waals surface area contributed by atoms with Gasteiger partial charge in [-0.3, -0.25) is 15.0 Å². The van der Waals surface area contributed by atoms with Crippen LogP contribution in [-0.4, -0.2) is 35.4 Å². The van der Waals surface area contributed by atoms with E-state index in [1.807, 2.05) is 62.4 Å². The van der Waals surface area contributed by atoms with Crippen LogP contribution in [0, 0.1) is 13.8 Å². The molecule has 4 N–H and O–H groups in total. The third-order valence-corrected chi connectivity index (χ3v) is 5.10. The first kappa shape index (κ1) is 31.1. The lowest BCUT2D eigenvalue weighted by molar-refractivity contribution is -0.129. The van der Waals surface area contributed by atoms with E-state index in [1.54, 1.807) is 18.7 Å². The summed E-state index contributed by atoms with van der Waals surface area (Å²) in [5.74, 6) is -0.323. The summed E-state index contributed by atoms with van der Waals surface area (Å²) < 4.78 is 0. The number of anilines is 1. The van der Waals surface area contributed by atoms with E-state index in [1.165, 1.54) is 11.1 Å². The Kier molecular flexibility index (Phi) is 16.2. The van der Waals surface area contributed by atoms with Crippen molar-refractivity contribution in [3.8, 4) is 0 Å². The molecule has 0 aliphatic rings. The molecule has 3 rings (SSSR count). The van der Waals surface area contributed by atoms with Gasteiger partial charge in [0.15, 0.2) is 0 Å². The Morgan fingerprint density at radius 3 is 2.30 bits per heavy atom. The van der Waals surface area contributed by atoms with Crippen LogP contribution < -0.4 is 16.2 Å². The van der Waals surface area contributed by atoms with E-state index in [-0.39, 0.29) is 5.91 Å². The van der Waals surface area contributed by atoms with Crippen LogP contribution in [0.2, 0.25) is 0 Å². The van der Waals surface area contributed by atoms with Gasteiger partial charge in [0.05, 0.1) is 11.4 Å². The summed E-state index contributed by atoms with van der Waals surface area (Å²) >= 11 is 0. The van der Waals surface area contributed by atoms with Crippen LogP contribution in [0.3, 0.4) is 0 Å². The Hall–Kier alpha value is -3.97. The molecule has 0 saturated heterocycles. The van der Waals surface area contributed by atoms with Gasteiger partial charge in [0, 0.05) is 37.5 Å². The van der Waals surface area contributed by atoms with E-state index in [4.69, 9.17) is 5.21 Å². The minimum atomic E-state index is -0.323. The molecule has 0 atom stereocenters. The highest BCUT2D eigenvalue weighted by Crippen LogP contribution is 2.13. The smallest absolute Gasteiger partial charge is 0.243 e. The van der Waals surface area contributed by atoms with E-state index in [0.717, 1.165) is 42.0 Å². The van der Waals surface area contributed by atoms with E-state index >= 15 is 0 Å². The van der Waals surface area contributed by atoms with Crippen molar-refractivity contribution in [3.63, 3.8) is 0 Å². The van der Waals surface area contributed by atoms with E-state index in [2.05, 4.69) is 65.0 Å². The zero-order chi connectivity index (χ0) is 27.3. The summed E-state index contributed by atoms with van der Waals surface area (Å²) in [5.41, 5.74) is 10.9. The zero-order valence-electron chi connectivity index (χ0n) is 22.7. The van der Waals surface area contributed by atoms with Crippen LogP contribution in [0.4, 0.5) is 5.69 Å². The number of hydroxylamine groups is 1. The number of pyridine rings is 1. The summed E-state index contributed by atoms with van der Waals surface area (Å²) in [7, 11) is 1.79. The molecule has 3 aromatic rings. The lowest BCUT2D eigenvalue weighted by atomic mass is 10.1. The number of hydrogen-bond donors (Lipinski definition) is 4. The lowest BCUT2D eigenvalue weighted by Gasteiger charge is -2.08. The average Bonchev–Trinajstić information content (AvgIpc) is 2.94. The average molecular weight is 504 g/mol. The fourth-order valence-electron chi connectivity index (χ4n) is 3.14. The summed E-state index contributed by atoms with van der Waals surface area (Å²) in [6.07, 6.45) is 7.74. The van der Waals surface area contributed by atoms with Crippen molar-refractivity contribution < 1.29 is 10.0 Å². The van der Waals surface area contributed by atoms with Gasteiger partial charge in [-0.1, -0.05) is 67.9 Å². The van der Waals surface area contributed by atoms with Gasteiger partial charge in [0.2, 0.25) is 5.91 Å². The molecule has 7 nitrogen and oxygen atoms in total. The Morgan fingerprint density at radius 2 is 1.68 bits per heavy atom. The summed E-state index contributed by atoms with van der Waals surface area (Å²) in [6.45, 7) is 8.97. The molecule has 1 aromatic heterocycles. The molecule has 0 unspecified atom stereocenters. The van der Waals surface area contributed by atoms with Crippen molar-refractivity contribution in [1.29, 1.82) is 0 Å². The second-order valence-corrected chi connectivity index (χ2v) is 7.91. The maximum atomic E-state index is 10.7. The normalized spacial score (nSPS) is 10.5. The molecule has 0 bridgehead atoms. The monoisotopic (exact) mass is 503 g/mol. The molecule has 198 valence electrons. The predicted molar refractivity (Wildman–Crippen MR) is 155 cm³/mol. The molecule has 7 heteroatoms. The highest BCUT2D eigenvalue weighted by Gasteiger charge is 2.00. The number of unbranched alkanes of at least 4 members (excludes halogenated alkanes) is 1. The van der Waals surface area contributed by atoms with Crippen molar-refractivity contribution in [1.82, 2.24) is 15.9 Å². The van der Waals surface area contributed by atoms with Crippen molar-refractivity contribution in [3.05, 3.63) is 101 Å². The van der Waals surface area contributed by atoms with Gasteiger partial charge in [-0.15, -0.1) is 0 Å². The molecule has 0 aliphatic heterocycles. The number of hydrazone groups is 1. The molecule has 0 fully saturated rings. The molecular weight excluding hydrogens is 462 g/mol. The molecule has 2 aromatic carbocycles. The molecule has 0 saturated carbocycles. The standard InChI is InChI=1S/C16H17N3.C12H18N2O2.C2H6/c1-13-6-8-14(9-7-13)16(19-17-2)11-10-15-5-3-4-12-18-15;1-10-6-2-3-7-11(10)13-9-5-4-8-12(15)14-16;1-2/h3-12,17H,1-2H3;2-3,6-7,13,16H,4-5,8-9H2,1H3,(H,14,15);1-2H3/b11-10+,19-16-;;. The minimum Gasteiger partial charge on any atom is -0.385 e. The fraction of sp³-hybridized carbons (Fsp3) is 0.300. The second-order valence-electron chi connectivity index (χ2n) is 7.91. The first-order valence-corrected chi connectivity index (χ1v) is 12.7. The second kappa shape index (κ2) is 19.2. The molecule has 0 spiro atoms. The molecule has 0 aliphatic carbocycles. The van der Waals surface area contributed by atoms with Gasteiger partial charge in [0.1, 0.15) is 0 Å². The highest BCUT2D eigenvalue weighted by atomic mass is 16.5. The van der Waals surface area contributed by atoms with E-state index < -0.39 is 0 Å². The van der Waals surface area contributed by atoms with Gasteiger partial charge < -0.3 is 10.7 Å². The number of para-hydroxylation sites is 1. The first-order valence-electron chi connectivity index (χ1n) is 12.7. The Morgan fingerprint density at radius 1 is 0.973 bits per heavy atom. The first-order chi connectivity index (χ1) is 18.0. The number of nitrogens with zero attached hydrogens (tertiary/aromatic N) is 2. The zero-order valence-corrected chi connectivity index (χ0v) is 22.7. The van der Waals surface area contributed by atoms with Crippen LogP contribution in [0.5, 0.6) is 0 Å². The van der Waals surface area contributed by atoms with Crippen LogP contribution in [0.1, 0.15) is 55.5 Å². The number of allylic oxidation sites excluding steroid dienone is 1. The quantitative estimate of drug-likeness (QED) is 0.115. The predicted octanol–water partition coefficient (Wildman–Crippen LogP) is 6.14. The van der Waals surface area contributed by atoms with Gasteiger partial charge in [-0.25, -0.2) is 5.48 Å². The van der Waals surface area contributed by atoms with E-state index in [9.17, 15) is 4.79 Å². The molecule has 1 amide bonds. The maximum absolute atomic E-state index is 10.7. The number of carbonyl (C=O) groups excluding carboxylic acids is 1. The van der Waals surface area contributed by atoms with Crippen LogP contribution in [0.25, 0.3) is 6.08 Å². The maximum Gasteiger partial charge on any atom is 0.243 e. The topological polar surface area (TPSA) is 98.6 Å². The van der Waals surface area contributed by atoms with Crippen LogP contribution in [-0.2, 0) is 4.79 Å². The van der Waals surface area contributed by atoms with Crippen molar-refractivity contribution in [2.45, 2.75) is 47.0 Å². The Bertz CT molecular complexity index is 1080. The summed E-state index contributed by atoms with van der Waals surface area (Å²) in [5, 5.41) is 15.9. The molecule has 0 radical (unpaired) electrons. The molecule has 1 heterocycles. The van der Waals surface area contributed by atoms with Gasteiger partial charge in [-0.05, 0) is 62.6 Å². The number of carbonyl (C=O) groups is 1. The Balaban J connectivity index is 0.000000352. The van der Waals surface area contributed by atoms with Gasteiger partial charge in [0.25, 0.3) is 0 Å². The van der Waals surface area contributed by atoms with Crippen molar-refractivity contribution >= 4 is 23.4 Å². The third-order valence-electron chi connectivity index (χ3n) is 5.10. The number of benzene rings is 2. The highest BCUT2D eigenvalue weighted by molar-refractivity contribution is 6.10. The number of aryl methyl sites for hydroxylation is 2. The minimum absolute atomic E-state index is 0.323. The Labute approximate surface area is 221 Å². The van der Waals surface area contributed by atoms with Gasteiger partial charge in [-0.2, -0.15) is 5.10 Å². The molecule has 37 heavy (non-hydrogen) atoms. The molecular formula is C30H41N5O2. The third kappa shape index (κ3) is 13.1. The van der Waals surface area contributed by atoms with Gasteiger partial charge >= 0.3 is 0 Å². The number of aromatic nitrogens is 1.